The van der Waals surface area contributed by atoms with E-state index in [1.165, 1.54) is 0 Å². The average Bonchev–Trinajstić information content (AvgIpc) is 2.27. The topological polar surface area (TPSA) is 42.2 Å². The van der Waals surface area contributed by atoms with Gasteiger partial charge in [-0.25, -0.2) is 0 Å². The standard InChI is InChI=1S/C11H11NO2/c1-13-9-3-2-4-10-11(9)8(7-12)5-6-14-10/h2-4,8H,5-6H2,1H3. The van der Waals surface area contributed by atoms with Crippen molar-refractivity contribution in [3.05, 3.63) is 23.8 Å². The quantitative estimate of drug-likeness (QED) is 0.679. The van der Waals surface area contributed by atoms with Crippen LogP contribution in [0.3, 0.4) is 0 Å². The molecule has 0 aliphatic carbocycles. The minimum Gasteiger partial charge on any atom is -0.496 e. The Bertz CT molecular complexity index is 367. The van der Waals surface area contributed by atoms with Gasteiger partial charge in [0, 0.05) is 6.42 Å². The lowest BCUT2D eigenvalue weighted by Crippen LogP contribution is -2.13. The molecule has 0 spiro atoms. The van der Waals surface area contributed by atoms with Crippen LogP contribution in [0.25, 0.3) is 0 Å². The molecular formula is C11H11NO2. The second kappa shape index (κ2) is 3.59. The van der Waals surface area contributed by atoms with Gasteiger partial charge in [0.1, 0.15) is 11.5 Å². The van der Waals surface area contributed by atoms with Crippen molar-refractivity contribution in [1.29, 1.82) is 5.26 Å². The van der Waals surface area contributed by atoms with Crippen LogP contribution in [0.5, 0.6) is 11.5 Å². The molecule has 1 heterocycles. The third-order valence-corrected chi connectivity index (χ3v) is 2.41. The normalized spacial score (nSPS) is 19.0. The fourth-order valence-corrected chi connectivity index (χ4v) is 1.73. The molecule has 3 heteroatoms. The molecule has 0 saturated heterocycles. The van der Waals surface area contributed by atoms with E-state index < -0.39 is 0 Å². The molecule has 0 bridgehead atoms. The van der Waals surface area contributed by atoms with Gasteiger partial charge in [-0.2, -0.15) is 5.26 Å². The monoisotopic (exact) mass is 189 g/mol. The second-order valence-corrected chi connectivity index (χ2v) is 3.19. The lowest BCUT2D eigenvalue weighted by Gasteiger charge is -2.22. The lowest BCUT2D eigenvalue weighted by atomic mass is 9.94. The van der Waals surface area contributed by atoms with E-state index in [0.717, 1.165) is 23.5 Å². The highest BCUT2D eigenvalue weighted by Crippen LogP contribution is 2.39. The summed E-state index contributed by atoms with van der Waals surface area (Å²) in [6.07, 6.45) is 0.740. The van der Waals surface area contributed by atoms with Crippen LogP contribution in [0.2, 0.25) is 0 Å². The van der Waals surface area contributed by atoms with Crippen LogP contribution < -0.4 is 9.47 Å². The summed E-state index contributed by atoms with van der Waals surface area (Å²) in [6.45, 7) is 0.610. The molecule has 0 N–H and O–H groups in total. The van der Waals surface area contributed by atoms with Crippen molar-refractivity contribution in [1.82, 2.24) is 0 Å². The molecular weight excluding hydrogens is 178 g/mol. The Morgan fingerprint density at radius 1 is 1.57 bits per heavy atom. The highest BCUT2D eigenvalue weighted by Gasteiger charge is 2.24. The summed E-state index contributed by atoms with van der Waals surface area (Å²) in [5.41, 5.74) is 0.892. The minimum atomic E-state index is -0.102. The third kappa shape index (κ3) is 1.29. The summed E-state index contributed by atoms with van der Waals surface area (Å²) in [5.74, 6) is 1.42. The molecule has 14 heavy (non-hydrogen) atoms. The van der Waals surface area contributed by atoms with Gasteiger partial charge in [-0.15, -0.1) is 0 Å². The first-order valence-corrected chi connectivity index (χ1v) is 4.56. The fraction of sp³-hybridized carbons (Fsp3) is 0.364. The summed E-state index contributed by atoms with van der Waals surface area (Å²) in [6, 6.07) is 7.88. The highest BCUT2D eigenvalue weighted by atomic mass is 16.5. The van der Waals surface area contributed by atoms with Crippen molar-refractivity contribution in [3.8, 4) is 17.6 Å². The van der Waals surface area contributed by atoms with Crippen LogP contribution in [-0.2, 0) is 0 Å². The molecule has 3 nitrogen and oxygen atoms in total. The zero-order chi connectivity index (χ0) is 9.97. The molecule has 1 unspecified atom stereocenters. The SMILES string of the molecule is COc1cccc2c1C(C#N)CCO2. The van der Waals surface area contributed by atoms with E-state index in [1.54, 1.807) is 7.11 Å². The average molecular weight is 189 g/mol. The summed E-state index contributed by atoms with van der Waals surface area (Å²) in [4.78, 5) is 0. The van der Waals surface area contributed by atoms with Crippen molar-refractivity contribution >= 4 is 0 Å². The maximum absolute atomic E-state index is 9.00. The van der Waals surface area contributed by atoms with E-state index in [-0.39, 0.29) is 5.92 Å². The van der Waals surface area contributed by atoms with Crippen LogP contribution in [0.4, 0.5) is 0 Å². The summed E-state index contributed by atoms with van der Waals surface area (Å²) in [5, 5.41) is 9.00. The van der Waals surface area contributed by atoms with Crippen LogP contribution in [0.15, 0.2) is 18.2 Å². The summed E-state index contributed by atoms with van der Waals surface area (Å²) < 4.78 is 10.7. The number of fused-ring (bicyclic) bond motifs is 1. The van der Waals surface area contributed by atoms with Gasteiger partial charge in [-0.3, -0.25) is 0 Å². The van der Waals surface area contributed by atoms with Gasteiger partial charge in [-0.05, 0) is 12.1 Å². The number of ether oxygens (including phenoxy) is 2. The molecule has 0 amide bonds. The molecule has 1 aromatic rings. The molecule has 1 aliphatic rings. The smallest absolute Gasteiger partial charge is 0.127 e. The van der Waals surface area contributed by atoms with Gasteiger partial charge in [0.2, 0.25) is 0 Å². The predicted octanol–water partition coefficient (Wildman–Crippen LogP) is 2.08. The molecule has 0 fully saturated rings. The van der Waals surface area contributed by atoms with E-state index in [9.17, 15) is 0 Å². The molecule has 1 atom stereocenters. The van der Waals surface area contributed by atoms with Crippen LogP contribution in [-0.4, -0.2) is 13.7 Å². The molecule has 0 aromatic heterocycles. The maximum atomic E-state index is 9.00. The number of nitriles is 1. The Labute approximate surface area is 82.9 Å². The Balaban J connectivity index is 2.53. The van der Waals surface area contributed by atoms with Crippen molar-refractivity contribution in [2.24, 2.45) is 0 Å². The number of hydrogen-bond acceptors (Lipinski definition) is 3. The lowest BCUT2D eigenvalue weighted by molar-refractivity contribution is 0.274. The van der Waals surface area contributed by atoms with Gasteiger partial charge < -0.3 is 9.47 Å². The van der Waals surface area contributed by atoms with Gasteiger partial charge in [0.15, 0.2) is 0 Å². The first-order chi connectivity index (χ1) is 6.86. The predicted molar refractivity (Wildman–Crippen MR) is 51.5 cm³/mol. The first-order valence-electron chi connectivity index (χ1n) is 4.56. The van der Waals surface area contributed by atoms with Crippen molar-refractivity contribution in [2.75, 3.05) is 13.7 Å². The Morgan fingerprint density at radius 2 is 2.43 bits per heavy atom. The molecule has 0 radical (unpaired) electrons. The number of rotatable bonds is 1. The number of hydrogen-bond donors (Lipinski definition) is 0. The summed E-state index contributed by atoms with van der Waals surface area (Å²) in [7, 11) is 1.61. The molecule has 1 aliphatic heterocycles. The fourth-order valence-electron chi connectivity index (χ4n) is 1.73. The van der Waals surface area contributed by atoms with Crippen LogP contribution >= 0.6 is 0 Å². The van der Waals surface area contributed by atoms with E-state index >= 15 is 0 Å². The maximum Gasteiger partial charge on any atom is 0.127 e. The molecule has 2 rings (SSSR count). The zero-order valence-electron chi connectivity index (χ0n) is 7.99. The molecule has 1 aromatic carbocycles. The largest absolute Gasteiger partial charge is 0.496 e. The van der Waals surface area contributed by atoms with Crippen molar-refractivity contribution in [3.63, 3.8) is 0 Å². The second-order valence-electron chi connectivity index (χ2n) is 3.19. The van der Waals surface area contributed by atoms with Gasteiger partial charge in [0.25, 0.3) is 0 Å². The number of nitrogens with zero attached hydrogens (tertiary/aromatic N) is 1. The Hall–Kier alpha value is -1.69. The van der Waals surface area contributed by atoms with E-state index in [1.807, 2.05) is 18.2 Å². The molecule has 72 valence electrons. The summed E-state index contributed by atoms with van der Waals surface area (Å²) >= 11 is 0. The van der Waals surface area contributed by atoms with Crippen LogP contribution in [0, 0.1) is 11.3 Å². The van der Waals surface area contributed by atoms with Crippen molar-refractivity contribution in [2.45, 2.75) is 12.3 Å². The minimum absolute atomic E-state index is 0.102. The molecule has 0 saturated carbocycles. The number of benzene rings is 1. The Morgan fingerprint density at radius 3 is 3.14 bits per heavy atom. The van der Waals surface area contributed by atoms with Gasteiger partial charge >= 0.3 is 0 Å². The zero-order valence-corrected chi connectivity index (χ0v) is 7.99. The third-order valence-electron chi connectivity index (χ3n) is 2.41. The van der Waals surface area contributed by atoms with Gasteiger partial charge in [-0.1, -0.05) is 6.07 Å². The van der Waals surface area contributed by atoms with E-state index in [0.29, 0.717) is 6.61 Å². The Kier molecular flexibility index (Phi) is 2.28. The van der Waals surface area contributed by atoms with E-state index in [2.05, 4.69) is 6.07 Å². The van der Waals surface area contributed by atoms with Crippen LogP contribution in [0.1, 0.15) is 17.9 Å². The number of methoxy groups -OCH3 is 1. The highest BCUT2D eigenvalue weighted by molar-refractivity contribution is 5.50. The first kappa shape index (κ1) is 8.89. The van der Waals surface area contributed by atoms with Crippen molar-refractivity contribution < 1.29 is 9.47 Å². The van der Waals surface area contributed by atoms with Gasteiger partial charge in [0.05, 0.1) is 31.3 Å². The van der Waals surface area contributed by atoms with E-state index in [4.69, 9.17) is 14.7 Å².